The molecular formula is C13H17F3N2O3S. The van der Waals surface area contributed by atoms with E-state index in [9.17, 15) is 21.6 Å². The number of hydrogen-bond acceptors (Lipinski definition) is 4. The average Bonchev–Trinajstić information content (AvgIpc) is 2.46. The van der Waals surface area contributed by atoms with E-state index in [-0.39, 0.29) is 10.9 Å². The third-order valence-corrected chi connectivity index (χ3v) is 5.33. The van der Waals surface area contributed by atoms with Crippen LogP contribution in [0.3, 0.4) is 0 Å². The number of hydrogen-bond donors (Lipinski definition) is 1. The summed E-state index contributed by atoms with van der Waals surface area (Å²) in [7, 11) is -2.09. The van der Waals surface area contributed by atoms with Gasteiger partial charge in [-0.05, 0) is 32.0 Å². The molecule has 2 rings (SSSR count). The van der Waals surface area contributed by atoms with Crippen molar-refractivity contribution in [2.75, 3.05) is 20.1 Å². The third-order valence-electron chi connectivity index (χ3n) is 3.47. The van der Waals surface area contributed by atoms with Crippen LogP contribution in [0, 0.1) is 0 Å². The van der Waals surface area contributed by atoms with Crippen molar-refractivity contribution in [2.24, 2.45) is 0 Å². The topological polar surface area (TPSA) is 58.6 Å². The van der Waals surface area contributed by atoms with Crippen LogP contribution in [-0.4, -0.2) is 45.3 Å². The van der Waals surface area contributed by atoms with E-state index in [0.717, 1.165) is 18.6 Å². The lowest BCUT2D eigenvalue weighted by Crippen LogP contribution is -2.46. The molecule has 22 heavy (non-hydrogen) atoms. The van der Waals surface area contributed by atoms with Crippen molar-refractivity contribution in [2.45, 2.75) is 30.1 Å². The number of alkyl halides is 3. The average molecular weight is 338 g/mol. The smallest absolute Gasteiger partial charge is 0.406 e. The Balaban J connectivity index is 2.24. The second-order valence-electron chi connectivity index (χ2n) is 5.01. The van der Waals surface area contributed by atoms with Crippen molar-refractivity contribution in [1.82, 2.24) is 9.62 Å². The lowest BCUT2D eigenvalue weighted by molar-refractivity contribution is -0.274. The zero-order chi connectivity index (χ0) is 16.4. The van der Waals surface area contributed by atoms with E-state index < -0.39 is 22.1 Å². The summed E-state index contributed by atoms with van der Waals surface area (Å²) >= 11 is 0. The van der Waals surface area contributed by atoms with E-state index in [1.807, 2.05) is 0 Å². The number of ether oxygens (including phenoxy) is 1. The largest absolute Gasteiger partial charge is 0.573 e. The van der Waals surface area contributed by atoms with E-state index in [1.165, 1.54) is 16.4 Å². The Hall–Kier alpha value is -1.32. The van der Waals surface area contributed by atoms with Crippen molar-refractivity contribution in [3.63, 3.8) is 0 Å². The number of nitrogens with zero attached hydrogens (tertiary/aromatic N) is 1. The fourth-order valence-electron chi connectivity index (χ4n) is 2.38. The van der Waals surface area contributed by atoms with Crippen LogP contribution < -0.4 is 10.1 Å². The second kappa shape index (κ2) is 6.43. The quantitative estimate of drug-likeness (QED) is 0.912. The summed E-state index contributed by atoms with van der Waals surface area (Å²) in [5, 5.41) is 3.02. The first-order valence-corrected chi connectivity index (χ1v) is 8.19. The van der Waals surface area contributed by atoms with Crippen molar-refractivity contribution < 1.29 is 26.3 Å². The maximum atomic E-state index is 12.5. The molecule has 1 atom stereocenters. The van der Waals surface area contributed by atoms with Gasteiger partial charge in [0.15, 0.2) is 0 Å². The molecule has 0 amide bonds. The van der Waals surface area contributed by atoms with Gasteiger partial charge in [-0.3, -0.25) is 0 Å². The van der Waals surface area contributed by atoms with Gasteiger partial charge in [-0.15, -0.1) is 13.2 Å². The van der Waals surface area contributed by atoms with Crippen molar-refractivity contribution >= 4 is 10.0 Å². The van der Waals surface area contributed by atoms with Gasteiger partial charge < -0.3 is 10.1 Å². The summed E-state index contributed by atoms with van der Waals surface area (Å²) in [6.45, 7) is 0.647. The summed E-state index contributed by atoms with van der Waals surface area (Å²) < 4.78 is 66.8. The summed E-state index contributed by atoms with van der Waals surface area (Å²) in [6.07, 6.45) is -3.30. The molecule has 0 aliphatic carbocycles. The Kier molecular flexibility index (Phi) is 4.98. The van der Waals surface area contributed by atoms with Gasteiger partial charge >= 0.3 is 6.36 Å². The van der Waals surface area contributed by atoms with E-state index in [0.29, 0.717) is 19.5 Å². The summed E-state index contributed by atoms with van der Waals surface area (Å²) in [6, 6.07) is 4.50. The molecule has 1 aromatic rings. The molecule has 124 valence electrons. The minimum atomic E-state index is -4.86. The molecule has 1 N–H and O–H groups in total. The summed E-state index contributed by atoms with van der Waals surface area (Å²) in [5.74, 6) is -0.546. The fraction of sp³-hybridized carbons (Fsp3) is 0.538. The number of nitrogens with one attached hydrogen (secondary N) is 1. The van der Waals surface area contributed by atoms with Crippen LogP contribution >= 0.6 is 0 Å². The number of piperidine rings is 1. The zero-order valence-corrected chi connectivity index (χ0v) is 12.7. The zero-order valence-electron chi connectivity index (χ0n) is 11.9. The Bertz CT molecular complexity index is 619. The molecule has 5 nitrogen and oxygen atoms in total. The molecule has 1 aliphatic rings. The van der Waals surface area contributed by atoms with Crippen molar-refractivity contribution in [3.05, 3.63) is 24.3 Å². The fourth-order valence-corrected chi connectivity index (χ4v) is 3.94. The molecule has 0 radical (unpaired) electrons. The van der Waals surface area contributed by atoms with E-state index >= 15 is 0 Å². The van der Waals surface area contributed by atoms with E-state index in [4.69, 9.17) is 0 Å². The van der Waals surface area contributed by atoms with Crippen LogP contribution in [0.1, 0.15) is 12.8 Å². The van der Waals surface area contributed by atoms with E-state index in [2.05, 4.69) is 10.1 Å². The lowest BCUT2D eigenvalue weighted by Gasteiger charge is -2.31. The maximum absolute atomic E-state index is 12.5. The monoisotopic (exact) mass is 338 g/mol. The number of halogens is 3. The first-order valence-electron chi connectivity index (χ1n) is 6.75. The van der Waals surface area contributed by atoms with E-state index in [1.54, 1.807) is 7.05 Å². The standard InChI is InChI=1S/C13H17F3N2O3S/c1-17-10-4-3-7-18(9-10)22(19,20)12-6-2-5-11(8-12)21-13(14,15)16/h2,5-6,8,10,17H,3-4,7,9H2,1H3/t10-/m0/s1. The molecule has 1 saturated heterocycles. The molecule has 0 spiro atoms. The van der Waals surface area contributed by atoms with Crippen molar-refractivity contribution in [3.8, 4) is 5.75 Å². The van der Waals surface area contributed by atoms with Gasteiger partial charge in [0.2, 0.25) is 10.0 Å². The third kappa shape index (κ3) is 4.11. The molecule has 9 heteroatoms. The molecule has 1 heterocycles. The van der Waals surface area contributed by atoms with Crippen LogP contribution in [0.5, 0.6) is 5.75 Å². The van der Waals surface area contributed by atoms with Gasteiger partial charge in [0.1, 0.15) is 5.75 Å². The number of sulfonamides is 1. The summed E-state index contributed by atoms with van der Waals surface area (Å²) in [5.41, 5.74) is 0. The minimum absolute atomic E-state index is 0.0399. The van der Waals surface area contributed by atoms with Gasteiger partial charge in [0.25, 0.3) is 0 Å². The molecule has 0 saturated carbocycles. The van der Waals surface area contributed by atoms with Crippen LogP contribution in [0.2, 0.25) is 0 Å². The van der Waals surface area contributed by atoms with Crippen LogP contribution in [-0.2, 0) is 10.0 Å². The highest BCUT2D eigenvalue weighted by molar-refractivity contribution is 7.89. The lowest BCUT2D eigenvalue weighted by atomic mass is 10.1. The Morgan fingerprint density at radius 3 is 2.73 bits per heavy atom. The Labute approximate surface area is 127 Å². The number of rotatable bonds is 4. The van der Waals surface area contributed by atoms with Gasteiger partial charge in [-0.2, -0.15) is 4.31 Å². The number of benzene rings is 1. The molecule has 1 aromatic carbocycles. The maximum Gasteiger partial charge on any atom is 0.573 e. The first kappa shape index (κ1) is 17.0. The first-order chi connectivity index (χ1) is 10.2. The number of likely N-dealkylation sites (N-methyl/N-ethyl adjacent to an activating group) is 1. The molecule has 1 aliphatic heterocycles. The van der Waals surface area contributed by atoms with Gasteiger partial charge in [-0.25, -0.2) is 8.42 Å². The molecular weight excluding hydrogens is 321 g/mol. The normalized spacial score (nSPS) is 20.8. The predicted molar refractivity (Wildman–Crippen MR) is 74.0 cm³/mol. The Morgan fingerprint density at radius 1 is 1.36 bits per heavy atom. The highest BCUT2D eigenvalue weighted by Gasteiger charge is 2.33. The molecule has 1 fully saturated rings. The molecule has 0 bridgehead atoms. The molecule has 0 aromatic heterocycles. The summed E-state index contributed by atoms with van der Waals surface area (Å²) in [4.78, 5) is -0.203. The predicted octanol–water partition coefficient (Wildman–Crippen LogP) is 1.96. The van der Waals surface area contributed by atoms with Crippen LogP contribution in [0.25, 0.3) is 0 Å². The Morgan fingerprint density at radius 2 is 2.09 bits per heavy atom. The molecule has 0 unspecified atom stereocenters. The highest BCUT2D eigenvalue weighted by Crippen LogP contribution is 2.27. The van der Waals surface area contributed by atoms with Crippen LogP contribution in [0.4, 0.5) is 13.2 Å². The second-order valence-corrected chi connectivity index (χ2v) is 6.95. The van der Waals surface area contributed by atoms with Gasteiger partial charge in [-0.1, -0.05) is 6.07 Å². The van der Waals surface area contributed by atoms with Crippen LogP contribution in [0.15, 0.2) is 29.2 Å². The van der Waals surface area contributed by atoms with Gasteiger partial charge in [0, 0.05) is 25.2 Å². The van der Waals surface area contributed by atoms with Crippen molar-refractivity contribution in [1.29, 1.82) is 0 Å². The minimum Gasteiger partial charge on any atom is -0.406 e. The SMILES string of the molecule is CN[C@H]1CCCN(S(=O)(=O)c2cccc(OC(F)(F)F)c2)C1. The highest BCUT2D eigenvalue weighted by atomic mass is 32.2. The van der Waals surface area contributed by atoms with Gasteiger partial charge in [0.05, 0.1) is 4.90 Å².